The molecule has 1 N–H and O–H groups in total. The SMILES string of the molecule is C[C@H](NC(=O)N1CC2(CCCC2)c2c(F)cccc21)c1ccncc1. The van der Waals surface area contributed by atoms with E-state index < -0.39 is 0 Å². The summed E-state index contributed by atoms with van der Waals surface area (Å²) < 4.78 is 14.6. The molecule has 0 saturated heterocycles. The van der Waals surface area contributed by atoms with Crippen LogP contribution in [0.3, 0.4) is 0 Å². The van der Waals surface area contributed by atoms with Gasteiger partial charge in [0.25, 0.3) is 0 Å². The van der Waals surface area contributed by atoms with Gasteiger partial charge in [-0.05, 0) is 49.6 Å². The molecule has 2 aromatic rings. The fraction of sp³-hybridized carbons (Fsp3) is 0.400. The molecule has 1 aliphatic carbocycles. The quantitative estimate of drug-likeness (QED) is 0.885. The standard InChI is InChI=1S/C20H22FN3O/c1-14(15-7-11-22-12-8-15)23-19(25)24-13-20(9-2-3-10-20)18-16(21)5-4-6-17(18)24/h4-8,11-12,14H,2-3,9-10,13H2,1H3,(H,23,25)/t14-/m0/s1. The zero-order valence-corrected chi connectivity index (χ0v) is 14.3. The molecular formula is C20H22FN3O. The third kappa shape index (κ3) is 2.68. The van der Waals surface area contributed by atoms with E-state index in [1.807, 2.05) is 25.1 Å². The van der Waals surface area contributed by atoms with Crippen LogP contribution in [0, 0.1) is 5.82 Å². The first-order chi connectivity index (χ1) is 12.1. The number of amides is 2. The maximum Gasteiger partial charge on any atom is 0.322 e. The Labute approximate surface area is 147 Å². The van der Waals surface area contributed by atoms with Crippen LogP contribution in [0.15, 0.2) is 42.7 Å². The molecule has 1 aromatic heterocycles. The third-order valence-corrected chi connectivity index (χ3v) is 5.63. The second-order valence-corrected chi connectivity index (χ2v) is 7.16. The van der Waals surface area contributed by atoms with E-state index in [-0.39, 0.29) is 23.3 Å². The molecule has 2 heterocycles. The minimum Gasteiger partial charge on any atom is -0.331 e. The molecule has 1 atom stereocenters. The van der Waals surface area contributed by atoms with Gasteiger partial charge in [0.2, 0.25) is 0 Å². The largest absolute Gasteiger partial charge is 0.331 e. The average Bonchev–Trinajstić information content (AvgIpc) is 3.22. The van der Waals surface area contributed by atoms with Crippen LogP contribution in [0.4, 0.5) is 14.9 Å². The lowest BCUT2D eigenvalue weighted by Gasteiger charge is -2.26. The molecule has 0 unspecified atom stereocenters. The van der Waals surface area contributed by atoms with E-state index in [0.29, 0.717) is 6.54 Å². The highest BCUT2D eigenvalue weighted by Gasteiger charge is 2.48. The molecular weight excluding hydrogens is 317 g/mol. The molecule has 0 radical (unpaired) electrons. The maximum atomic E-state index is 14.6. The van der Waals surface area contributed by atoms with Crippen LogP contribution in [0.1, 0.15) is 49.8 Å². The predicted octanol–water partition coefficient (Wildman–Crippen LogP) is 4.32. The number of pyridine rings is 1. The molecule has 1 fully saturated rings. The number of halogens is 1. The van der Waals surface area contributed by atoms with Crippen LogP contribution in [0.25, 0.3) is 0 Å². The van der Waals surface area contributed by atoms with Gasteiger partial charge in [0.05, 0.1) is 11.7 Å². The van der Waals surface area contributed by atoms with Crippen LogP contribution in [-0.2, 0) is 5.41 Å². The Morgan fingerprint density at radius 3 is 2.68 bits per heavy atom. The number of anilines is 1. The van der Waals surface area contributed by atoms with Gasteiger partial charge < -0.3 is 5.32 Å². The van der Waals surface area contributed by atoms with E-state index in [0.717, 1.165) is 42.5 Å². The van der Waals surface area contributed by atoms with Crippen LogP contribution >= 0.6 is 0 Å². The van der Waals surface area contributed by atoms with Gasteiger partial charge >= 0.3 is 6.03 Å². The van der Waals surface area contributed by atoms with Gasteiger partial charge in [-0.25, -0.2) is 9.18 Å². The number of fused-ring (bicyclic) bond motifs is 2. The van der Waals surface area contributed by atoms with Gasteiger partial charge in [-0.1, -0.05) is 18.9 Å². The lowest BCUT2D eigenvalue weighted by Crippen LogP contribution is -2.43. The molecule has 5 heteroatoms. The van der Waals surface area contributed by atoms with Crippen LogP contribution in [0.2, 0.25) is 0 Å². The van der Waals surface area contributed by atoms with Crippen molar-refractivity contribution >= 4 is 11.7 Å². The van der Waals surface area contributed by atoms with E-state index in [9.17, 15) is 9.18 Å². The highest BCUT2D eigenvalue weighted by atomic mass is 19.1. The summed E-state index contributed by atoms with van der Waals surface area (Å²) in [5.74, 6) is -0.183. The number of benzene rings is 1. The van der Waals surface area contributed by atoms with Crippen molar-refractivity contribution in [1.29, 1.82) is 0 Å². The highest BCUT2D eigenvalue weighted by Crippen LogP contribution is 2.51. The Kier molecular flexibility index (Phi) is 3.94. The number of nitrogens with zero attached hydrogens (tertiary/aromatic N) is 2. The average molecular weight is 339 g/mol. The van der Waals surface area contributed by atoms with Gasteiger partial charge in [-0.15, -0.1) is 0 Å². The molecule has 1 aliphatic heterocycles. The lowest BCUT2D eigenvalue weighted by atomic mass is 9.80. The van der Waals surface area contributed by atoms with Gasteiger partial charge in [-0.2, -0.15) is 0 Å². The monoisotopic (exact) mass is 339 g/mol. The van der Waals surface area contributed by atoms with Gasteiger partial charge in [0, 0.05) is 29.9 Å². The number of aromatic nitrogens is 1. The molecule has 4 nitrogen and oxygen atoms in total. The number of hydrogen-bond acceptors (Lipinski definition) is 2. The van der Waals surface area contributed by atoms with Crippen LogP contribution in [-0.4, -0.2) is 17.6 Å². The van der Waals surface area contributed by atoms with Crippen molar-refractivity contribution in [2.24, 2.45) is 0 Å². The normalized spacial score (nSPS) is 19.0. The Hall–Kier alpha value is -2.43. The van der Waals surface area contributed by atoms with Gasteiger partial charge in [-0.3, -0.25) is 9.88 Å². The van der Waals surface area contributed by atoms with Crippen LogP contribution in [0.5, 0.6) is 0 Å². The zero-order chi connectivity index (χ0) is 17.4. The number of urea groups is 1. The fourth-order valence-electron chi connectivity index (χ4n) is 4.37. The summed E-state index contributed by atoms with van der Waals surface area (Å²) in [5, 5.41) is 3.04. The minimum absolute atomic E-state index is 0.132. The van der Waals surface area contributed by atoms with Gasteiger partial charge in [0.15, 0.2) is 0 Å². The Balaban J connectivity index is 1.61. The van der Waals surface area contributed by atoms with Crippen molar-refractivity contribution in [3.63, 3.8) is 0 Å². The summed E-state index contributed by atoms with van der Waals surface area (Å²) in [6.45, 7) is 2.51. The molecule has 25 heavy (non-hydrogen) atoms. The summed E-state index contributed by atoms with van der Waals surface area (Å²) in [6, 6.07) is 8.55. The Morgan fingerprint density at radius 2 is 1.96 bits per heavy atom. The molecule has 2 aliphatic rings. The minimum atomic E-state index is -0.210. The molecule has 1 aromatic carbocycles. The highest BCUT2D eigenvalue weighted by molar-refractivity contribution is 5.95. The smallest absolute Gasteiger partial charge is 0.322 e. The lowest BCUT2D eigenvalue weighted by molar-refractivity contribution is 0.242. The molecule has 4 rings (SSSR count). The maximum absolute atomic E-state index is 14.6. The molecule has 130 valence electrons. The molecule has 2 amide bonds. The summed E-state index contributed by atoms with van der Waals surface area (Å²) in [4.78, 5) is 18.7. The predicted molar refractivity (Wildman–Crippen MR) is 95.1 cm³/mol. The molecule has 0 bridgehead atoms. The summed E-state index contributed by atoms with van der Waals surface area (Å²) in [5.41, 5.74) is 2.25. The summed E-state index contributed by atoms with van der Waals surface area (Å²) >= 11 is 0. The van der Waals surface area contributed by atoms with Crippen LogP contribution < -0.4 is 10.2 Å². The van der Waals surface area contributed by atoms with E-state index in [4.69, 9.17) is 0 Å². The first-order valence-electron chi connectivity index (χ1n) is 8.88. The van der Waals surface area contributed by atoms with E-state index >= 15 is 0 Å². The third-order valence-electron chi connectivity index (χ3n) is 5.63. The molecule has 1 spiro atoms. The van der Waals surface area contributed by atoms with Crippen molar-refractivity contribution in [3.8, 4) is 0 Å². The Morgan fingerprint density at radius 1 is 1.24 bits per heavy atom. The Bertz CT molecular complexity index is 787. The first-order valence-corrected chi connectivity index (χ1v) is 8.88. The van der Waals surface area contributed by atoms with E-state index in [1.165, 1.54) is 6.07 Å². The number of carbonyl (C=O) groups excluding carboxylic acids is 1. The number of nitrogens with one attached hydrogen (secondary N) is 1. The number of carbonyl (C=O) groups is 1. The fourth-order valence-corrected chi connectivity index (χ4v) is 4.37. The van der Waals surface area contributed by atoms with Crippen molar-refractivity contribution in [3.05, 3.63) is 59.7 Å². The van der Waals surface area contributed by atoms with Gasteiger partial charge in [0.1, 0.15) is 5.82 Å². The van der Waals surface area contributed by atoms with Crippen molar-refractivity contribution in [2.45, 2.75) is 44.1 Å². The number of hydrogen-bond donors (Lipinski definition) is 1. The van der Waals surface area contributed by atoms with Crippen molar-refractivity contribution in [2.75, 3.05) is 11.4 Å². The van der Waals surface area contributed by atoms with E-state index in [2.05, 4.69) is 10.3 Å². The summed E-state index contributed by atoms with van der Waals surface area (Å²) in [6.07, 6.45) is 7.51. The van der Waals surface area contributed by atoms with Crippen molar-refractivity contribution in [1.82, 2.24) is 10.3 Å². The summed E-state index contributed by atoms with van der Waals surface area (Å²) in [7, 11) is 0. The number of rotatable bonds is 2. The zero-order valence-electron chi connectivity index (χ0n) is 14.3. The topological polar surface area (TPSA) is 45.2 Å². The second-order valence-electron chi connectivity index (χ2n) is 7.16. The van der Waals surface area contributed by atoms with E-state index in [1.54, 1.807) is 23.4 Å². The molecule has 1 saturated carbocycles. The van der Waals surface area contributed by atoms with Crippen molar-refractivity contribution < 1.29 is 9.18 Å². The second kappa shape index (κ2) is 6.14. The first kappa shape index (κ1) is 16.1.